The number of rotatable bonds is 4. The number of carbonyl (C=O) groups excluding carboxylic acids is 1. The van der Waals surface area contributed by atoms with Crippen LogP contribution in [0.15, 0.2) is 18.3 Å². The first-order chi connectivity index (χ1) is 6.76. The average molecular weight is 195 g/mol. The van der Waals surface area contributed by atoms with Crippen molar-refractivity contribution in [2.75, 3.05) is 13.7 Å². The molecule has 76 valence electrons. The Morgan fingerprint density at radius 3 is 3.00 bits per heavy atom. The molecular weight excluding hydrogens is 182 g/mol. The molecule has 0 amide bonds. The smallest absolute Gasteiger partial charge is 0.310 e. The van der Waals surface area contributed by atoms with Crippen LogP contribution in [0.1, 0.15) is 12.5 Å². The van der Waals surface area contributed by atoms with Gasteiger partial charge in [-0.05, 0) is 18.6 Å². The van der Waals surface area contributed by atoms with Gasteiger partial charge < -0.3 is 9.47 Å². The lowest BCUT2D eigenvalue weighted by molar-refractivity contribution is -0.142. The van der Waals surface area contributed by atoms with Crippen LogP contribution in [0.2, 0.25) is 0 Å². The van der Waals surface area contributed by atoms with Crippen LogP contribution in [-0.2, 0) is 16.0 Å². The van der Waals surface area contributed by atoms with Crippen LogP contribution < -0.4 is 4.74 Å². The molecule has 0 atom stereocenters. The number of methoxy groups -OCH3 is 1. The van der Waals surface area contributed by atoms with E-state index < -0.39 is 0 Å². The van der Waals surface area contributed by atoms with E-state index in [1.54, 1.807) is 25.3 Å². The topological polar surface area (TPSA) is 48.4 Å². The van der Waals surface area contributed by atoms with Crippen molar-refractivity contribution in [3.05, 3.63) is 23.9 Å². The molecule has 1 rings (SSSR count). The third-order valence-corrected chi connectivity index (χ3v) is 1.66. The van der Waals surface area contributed by atoms with Gasteiger partial charge in [-0.15, -0.1) is 0 Å². The number of hydrogen-bond donors (Lipinski definition) is 0. The molecule has 0 unspecified atom stereocenters. The van der Waals surface area contributed by atoms with E-state index in [1.165, 1.54) is 7.11 Å². The van der Waals surface area contributed by atoms with Crippen molar-refractivity contribution in [1.29, 1.82) is 0 Å². The van der Waals surface area contributed by atoms with Crippen molar-refractivity contribution in [1.82, 2.24) is 4.98 Å². The van der Waals surface area contributed by atoms with Gasteiger partial charge in [0.15, 0.2) is 0 Å². The fraction of sp³-hybridized carbons (Fsp3) is 0.400. The molecular formula is C10H13NO3. The maximum absolute atomic E-state index is 11.1. The molecule has 0 N–H and O–H groups in total. The Balaban J connectivity index is 2.62. The highest BCUT2D eigenvalue weighted by Gasteiger charge is 2.04. The summed E-state index contributed by atoms with van der Waals surface area (Å²) in [6.07, 6.45) is 1.86. The van der Waals surface area contributed by atoms with Crippen molar-refractivity contribution in [3.8, 4) is 5.88 Å². The molecule has 0 radical (unpaired) electrons. The highest BCUT2D eigenvalue weighted by Crippen LogP contribution is 2.09. The molecule has 0 saturated heterocycles. The summed E-state index contributed by atoms with van der Waals surface area (Å²) in [7, 11) is 1.54. The van der Waals surface area contributed by atoms with Crippen molar-refractivity contribution in [3.63, 3.8) is 0 Å². The summed E-state index contributed by atoms with van der Waals surface area (Å²) in [5.41, 5.74) is 0.843. The van der Waals surface area contributed by atoms with Gasteiger partial charge >= 0.3 is 5.97 Å². The largest absolute Gasteiger partial charge is 0.481 e. The molecule has 0 aliphatic carbocycles. The van der Waals surface area contributed by atoms with Gasteiger partial charge in [0.05, 0.1) is 20.1 Å². The van der Waals surface area contributed by atoms with E-state index in [1.807, 2.05) is 0 Å². The van der Waals surface area contributed by atoms with E-state index in [0.717, 1.165) is 5.56 Å². The molecule has 1 aromatic heterocycles. The predicted molar refractivity (Wildman–Crippen MR) is 51.1 cm³/mol. The molecule has 4 heteroatoms. The summed E-state index contributed by atoms with van der Waals surface area (Å²) in [6.45, 7) is 2.19. The van der Waals surface area contributed by atoms with Crippen molar-refractivity contribution < 1.29 is 14.3 Å². The summed E-state index contributed by atoms with van der Waals surface area (Å²) in [5, 5.41) is 0. The third-order valence-electron chi connectivity index (χ3n) is 1.66. The molecule has 0 aromatic carbocycles. The number of esters is 1. The Kier molecular flexibility index (Phi) is 3.91. The van der Waals surface area contributed by atoms with Crippen LogP contribution in [0.25, 0.3) is 0 Å². The van der Waals surface area contributed by atoms with Crippen LogP contribution in [0.5, 0.6) is 5.88 Å². The van der Waals surface area contributed by atoms with E-state index in [-0.39, 0.29) is 12.4 Å². The molecule has 1 aromatic rings. The SMILES string of the molecule is CCOC(=O)Cc1ccnc(OC)c1. The number of aromatic nitrogens is 1. The van der Waals surface area contributed by atoms with E-state index in [4.69, 9.17) is 9.47 Å². The van der Waals surface area contributed by atoms with Gasteiger partial charge in [-0.2, -0.15) is 0 Å². The van der Waals surface area contributed by atoms with Gasteiger partial charge in [0, 0.05) is 12.3 Å². The number of pyridine rings is 1. The normalized spacial score (nSPS) is 9.57. The zero-order valence-electron chi connectivity index (χ0n) is 8.32. The van der Waals surface area contributed by atoms with Crippen LogP contribution in [-0.4, -0.2) is 24.7 Å². The number of nitrogens with zero attached hydrogens (tertiary/aromatic N) is 1. The number of ether oxygens (including phenoxy) is 2. The summed E-state index contributed by atoms with van der Waals surface area (Å²) in [6, 6.07) is 3.48. The van der Waals surface area contributed by atoms with Crippen molar-refractivity contribution >= 4 is 5.97 Å². The fourth-order valence-corrected chi connectivity index (χ4v) is 1.05. The van der Waals surface area contributed by atoms with E-state index in [0.29, 0.717) is 12.5 Å². The van der Waals surface area contributed by atoms with Gasteiger partial charge in [0.25, 0.3) is 0 Å². The maximum atomic E-state index is 11.1. The highest BCUT2D eigenvalue weighted by molar-refractivity contribution is 5.72. The van der Waals surface area contributed by atoms with Crippen LogP contribution in [0, 0.1) is 0 Å². The van der Waals surface area contributed by atoms with Gasteiger partial charge in [-0.1, -0.05) is 0 Å². The van der Waals surface area contributed by atoms with Gasteiger partial charge in [0.1, 0.15) is 0 Å². The number of carbonyl (C=O) groups is 1. The van der Waals surface area contributed by atoms with Crippen molar-refractivity contribution in [2.45, 2.75) is 13.3 Å². The fourth-order valence-electron chi connectivity index (χ4n) is 1.05. The van der Waals surface area contributed by atoms with Crippen molar-refractivity contribution in [2.24, 2.45) is 0 Å². The second-order valence-electron chi connectivity index (χ2n) is 2.69. The summed E-state index contributed by atoms with van der Waals surface area (Å²) < 4.78 is 9.75. The lowest BCUT2D eigenvalue weighted by Crippen LogP contribution is -2.07. The summed E-state index contributed by atoms with van der Waals surface area (Å²) in [5.74, 6) is 0.271. The monoisotopic (exact) mass is 195 g/mol. The van der Waals surface area contributed by atoms with E-state index in [9.17, 15) is 4.79 Å². The maximum Gasteiger partial charge on any atom is 0.310 e. The molecule has 1 heterocycles. The Bertz CT molecular complexity index is 312. The van der Waals surface area contributed by atoms with E-state index in [2.05, 4.69) is 4.98 Å². The van der Waals surface area contributed by atoms with Crippen LogP contribution in [0.4, 0.5) is 0 Å². The van der Waals surface area contributed by atoms with Crippen LogP contribution >= 0.6 is 0 Å². The molecule has 0 aliphatic heterocycles. The first-order valence-corrected chi connectivity index (χ1v) is 4.40. The number of hydrogen-bond acceptors (Lipinski definition) is 4. The first-order valence-electron chi connectivity index (χ1n) is 4.40. The second kappa shape index (κ2) is 5.21. The Hall–Kier alpha value is -1.58. The zero-order valence-corrected chi connectivity index (χ0v) is 8.32. The second-order valence-corrected chi connectivity index (χ2v) is 2.69. The molecule has 0 fully saturated rings. The quantitative estimate of drug-likeness (QED) is 0.677. The minimum atomic E-state index is -0.235. The van der Waals surface area contributed by atoms with Gasteiger partial charge in [-0.3, -0.25) is 4.79 Å². The minimum absolute atomic E-state index is 0.235. The summed E-state index contributed by atoms with van der Waals surface area (Å²) >= 11 is 0. The molecule has 0 aliphatic rings. The first kappa shape index (κ1) is 10.5. The average Bonchev–Trinajstić information content (AvgIpc) is 2.18. The molecule has 0 spiro atoms. The third kappa shape index (κ3) is 3.05. The van der Waals surface area contributed by atoms with E-state index >= 15 is 0 Å². The molecule has 4 nitrogen and oxygen atoms in total. The molecule has 0 bridgehead atoms. The van der Waals surface area contributed by atoms with Gasteiger partial charge in [0.2, 0.25) is 5.88 Å². The molecule has 0 saturated carbocycles. The Labute approximate surface area is 82.9 Å². The highest BCUT2D eigenvalue weighted by atomic mass is 16.5. The lowest BCUT2D eigenvalue weighted by atomic mass is 10.2. The Morgan fingerprint density at radius 1 is 1.57 bits per heavy atom. The van der Waals surface area contributed by atoms with Crippen LogP contribution in [0.3, 0.4) is 0 Å². The lowest BCUT2D eigenvalue weighted by Gasteiger charge is -2.03. The zero-order chi connectivity index (χ0) is 10.4. The predicted octanol–water partition coefficient (Wildman–Crippen LogP) is 1.20. The Morgan fingerprint density at radius 2 is 2.36 bits per heavy atom. The van der Waals surface area contributed by atoms with Gasteiger partial charge in [-0.25, -0.2) is 4.98 Å². The molecule has 14 heavy (non-hydrogen) atoms. The standard InChI is InChI=1S/C10H13NO3/c1-3-14-10(12)7-8-4-5-11-9(6-8)13-2/h4-6H,3,7H2,1-2H3. The summed E-state index contributed by atoms with van der Waals surface area (Å²) in [4.78, 5) is 15.1. The minimum Gasteiger partial charge on any atom is -0.481 e.